The van der Waals surface area contributed by atoms with E-state index in [-0.39, 0.29) is 29.0 Å². The first kappa shape index (κ1) is 32.0. The molecule has 0 saturated carbocycles. The monoisotopic (exact) mass is 594 g/mol. The number of rotatable bonds is 9. The van der Waals surface area contributed by atoms with Gasteiger partial charge in [-0.15, -0.1) is 0 Å². The standard InChI is InChI=1S/C31H38F3O4PS/c1-19(2)23-13-24(20(3)4)16-27(15-23)39(35,28-17-25(21(5)6)14-26(18-28)22(7)8)30-12-10-9-11-29(30)38-40(36,37)31(32,33)34/h9-22H,1-8H3. The Hall–Kier alpha value is -2.57. The molecule has 0 bridgehead atoms. The van der Waals surface area contributed by atoms with Crippen LogP contribution in [0.3, 0.4) is 0 Å². The molecule has 3 aromatic rings. The summed E-state index contributed by atoms with van der Waals surface area (Å²) in [6.45, 7) is 16.1. The highest BCUT2D eigenvalue weighted by Gasteiger charge is 2.49. The Bertz CT molecular complexity index is 1400. The number of para-hydroxylation sites is 1. The van der Waals surface area contributed by atoms with Gasteiger partial charge in [0.1, 0.15) is 0 Å². The van der Waals surface area contributed by atoms with E-state index >= 15 is 4.57 Å². The zero-order valence-electron chi connectivity index (χ0n) is 24.2. The van der Waals surface area contributed by atoms with Crippen molar-refractivity contribution in [3.05, 3.63) is 82.9 Å². The van der Waals surface area contributed by atoms with Crippen LogP contribution < -0.4 is 20.1 Å². The summed E-state index contributed by atoms with van der Waals surface area (Å²) in [4.78, 5) is 0. The average molecular weight is 595 g/mol. The third kappa shape index (κ3) is 6.49. The molecule has 0 spiro atoms. The van der Waals surface area contributed by atoms with Crippen molar-refractivity contribution in [1.29, 1.82) is 0 Å². The van der Waals surface area contributed by atoms with Gasteiger partial charge in [-0.05, 0) is 82.3 Å². The van der Waals surface area contributed by atoms with E-state index in [2.05, 4.69) is 4.18 Å². The SMILES string of the molecule is CC(C)c1cc(C(C)C)cc(P(=O)(c2cc(C(C)C)cc(C(C)C)c2)c2ccccc2OS(=O)(=O)C(F)(F)F)c1. The number of benzene rings is 3. The van der Waals surface area contributed by atoms with Crippen molar-refractivity contribution >= 4 is 33.2 Å². The molecule has 4 nitrogen and oxygen atoms in total. The fourth-order valence-corrected chi connectivity index (χ4v) is 7.84. The van der Waals surface area contributed by atoms with Gasteiger partial charge in [0.15, 0.2) is 12.9 Å². The summed E-state index contributed by atoms with van der Waals surface area (Å²) in [7, 11) is -9.98. The van der Waals surface area contributed by atoms with E-state index in [1.807, 2.05) is 91.8 Å². The molecule has 3 rings (SSSR count). The van der Waals surface area contributed by atoms with Gasteiger partial charge in [-0.25, -0.2) is 0 Å². The largest absolute Gasteiger partial charge is 0.534 e. The minimum Gasteiger partial charge on any atom is -0.375 e. The highest BCUT2D eigenvalue weighted by atomic mass is 32.2. The Labute approximate surface area is 236 Å². The van der Waals surface area contributed by atoms with Gasteiger partial charge in [0.05, 0.1) is 5.30 Å². The topological polar surface area (TPSA) is 60.4 Å². The molecular weight excluding hydrogens is 556 g/mol. The molecule has 3 aromatic carbocycles. The van der Waals surface area contributed by atoms with Crippen molar-refractivity contribution in [3.8, 4) is 5.75 Å². The average Bonchev–Trinajstić information content (AvgIpc) is 2.86. The van der Waals surface area contributed by atoms with E-state index in [0.717, 1.165) is 28.3 Å². The minimum atomic E-state index is -6.01. The van der Waals surface area contributed by atoms with Gasteiger partial charge >= 0.3 is 15.6 Å². The van der Waals surface area contributed by atoms with Crippen LogP contribution in [0, 0.1) is 0 Å². The molecule has 0 aliphatic heterocycles. The smallest absolute Gasteiger partial charge is 0.375 e. The van der Waals surface area contributed by atoms with E-state index in [1.165, 1.54) is 18.2 Å². The van der Waals surface area contributed by atoms with Crippen LogP contribution in [0.1, 0.15) is 101 Å². The van der Waals surface area contributed by atoms with Crippen LogP contribution >= 0.6 is 7.14 Å². The summed E-state index contributed by atoms with van der Waals surface area (Å²) >= 11 is 0. The maximum atomic E-state index is 15.7. The fraction of sp³-hybridized carbons (Fsp3) is 0.419. The quantitative estimate of drug-likeness (QED) is 0.143. The van der Waals surface area contributed by atoms with Crippen LogP contribution in [0.5, 0.6) is 5.75 Å². The highest BCUT2D eigenvalue weighted by molar-refractivity contribution is 7.88. The van der Waals surface area contributed by atoms with Crippen LogP contribution in [0.25, 0.3) is 0 Å². The van der Waals surface area contributed by atoms with E-state index < -0.39 is 28.5 Å². The molecule has 0 aliphatic carbocycles. The van der Waals surface area contributed by atoms with Crippen LogP contribution in [0.4, 0.5) is 13.2 Å². The Balaban J connectivity index is 2.51. The van der Waals surface area contributed by atoms with Gasteiger partial charge in [-0.2, -0.15) is 21.6 Å². The third-order valence-corrected chi connectivity index (χ3v) is 11.0. The van der Waals surface area contributed by atoms with Gasteiger partial charge in [-0.1, -0.05) is 79.7 Å². The number of alkyl halides is 3. The van der Waals surface area contributed by atoms with Gasteiger partial charge in [0.25, 0.3) is 0 Å². The molecule has 0 unspecified atom stereocenters. The molecule has 0 N–H and O–H groups in total. The molecule has 0 aromatic heterocycles. The van der Waals surface area contributed by atoms with Crippen molar-refractivity contribution in [2.24, 2.45) is 0 Å². The summed E-state index contributed by atoms with van der Waals surface area (Å²) in [6.07, 6.45) is 0. The molecule has 0 amide bonds. The van der Waals surface area contributed by atoms with Gasteiger partial charge in [0, 0.05) is 10.6 Å². The van der Waals surface area contributed by atoms with Gasteiger partial charge < -0.3 is 8.75 Å². The zero-order valence-corrected chi connectivity index (χ0v) is 25.9. The lowest BCUT2D eigenvalue weighted by Crippen LogP contribution is -2.32. The van der Waals surface area contributed by atoms with Crippen LogP contribution in [-0.2, 0) is 14.7 Å². The first-order valence-corrected chi connectivity index (χ1v) is 16.5. The second kappa shape index (κ2) is 11.7. The lowest BCUT2D eigenvalue weighted by Gasteiger charge is -2.26. The second-order valence-corrected chi connectivity index (χ2v) is 15.7. The highest BCUT2D eigenvalue weighted by Crippen LogP contribution is 2.47. The lowest BCUT2D eigenvalue weighted by atomic mass is 9.96. The first-order chi connectivity index (χ1) is 18.4. The van der Waals surface area contributed by atoms with E-state index in [0.29, 0.717) is 10.6 Å². The summed E-state index contributed by atoms with van der Waals surface area (Å²) in [5.41, 5.74) is -1.95. The Morgan fingerprint density at radius 1 is 0.650 bits per heavy atom. The van der Waals surface area contributed by atoms with Crippen molar-refractivity contribution in [2.75, 3.05) is 0 Å². The molecule has 0 aliphatic rings. The second-order valence-electron chi connectivity index (χ2n) is 11.4. The summed E-state index contributed by atoms with van der Waals surface area (Å²) in [5, 5.41) is 0.728. The summed E-state index contributed by atoms with van der Waals surface area (Å²) < 4.78 is 84.7. The van der Waals surface area contributed by atoms with Crippen LogP contribution in [0.2, 0.25) is 0 Å². The number of hydrogen-bond acceptors (Lipinski definition) is 4. The van der Waals surface area contributed by atoms with Crippen molar-refractivity contribution in [3.63, 3.8) is 0 Å². The van der Waals surface area contributed by atoms with Crippen molar-refractivity contribution in [2.45, 2.75) is 84.6 Å². The van der Waals surface area contributed by atoms with E-state index in [4.69, 9.17) is 0 Å². The van der Waals surface area contributed by atoms with Crippen molar-refractivity contribution < 1.29 is 30.3 Å². The number of hydrogen-bond donors (Lipinski definition) is 0. The van der Waals surface area contributed by atoms with E-state index in [9.17, 15) is 21.6 Å². The molecule has 0 radical (unpaired) electrons. The van der Waals surface area contributed by atoms with Gasteiger partial charge in [0.2, 0.25) is 0 Å². The molecule has 40 heavy (non-hydrogen) atoms. The predicted octanol–water partition coefficient (Wildman–Crippen LogP) is 8.05. The Morgan fingerprint density at radius 3 is 1.32 bits per heavy atom. The molecule has 0 fully saturated rings. The molecule has 9 heteroatoms. The van der Waals surface area contributed by atoms with Crippen molar-refractivity contribution in [1.82, 2.24) is 0 Å². The maximum absolute atomic E-state index is 15.7. The molecule has 218 valence electrons. The predicted molar refractivity (Wildman–Crippen MR) is 158 cm³/mol. The minimum absolute atomic E-state index is 0.0798. The first-order valence-electron chi connectivity index (χ1n) is 13.4. The Morgan fingerprint density at radius 2 is 1.00 bits per heavy atom. The molecule has 0 atom stereocenters. The van der Waals surface area contributed by atoms with Crippen LogP contribution in [0.15, 0.2) is 60.7 Å². The number of halogens is 3. The molecule has 0 heterocycles. The van der Waals surface area contributed by atoms with Crippen LogP contribution in [-0.4, -0.2) is 13.9 Å². The summed E-state index contributed by atoms with van der Waals surface area (Å²) in [5.74, 6) is -0.287. The zero-order chi connectivity index (χ0) is 30.2. The van der Waals surface area contributed by atoms with Gasteiger partial charge in [-0.3, -0.25) is 0 Å². The van der Waals surface area contributed by atoms with E-state index in [1.54, 1.807) is 0 Å². The normalized spacial score (nSPS) is 13.1. The maximum Gasteiger partial charge on any atom is 0.534 e. The Kier molecular flexibility index (Phi) is 9.37. The third-order valence-electron chi connectivity index (χ3n) is 7.01. The lowest BCUT2D eigenvalue weighted by molar-refractivity contribution is -0.0499. The summed E-state index contributed by atoms with van der Waals surface area (Å²) in [6, 6.07) is 16.8. The molecular formula is C31H38F3O4PS. The fourth-order valence-electron chi connectivity index (χ4n) is 4.40. The molecule has 0 saturated heterocycles.